The molecule has 3 rings (SSSR count). The highest BCUT2D eigenvalue weighted by molar-refractivity contribution is 14.1. The molecule has 2 aromatic rings. The average molecular weight is 538 g/mol. The molecule has 1 saturated heterocycles. The minimum atomic E-state index is -0.418. The molecule has 1 aliphatic rings. The minimum Gasteiger partial charge on any atom is -0.504 e. The molecule has 1 N–H and O–H groups in total. The van der Waals surface area contributed by atoms with E-state index in [1.807, 2.05) is 29.5 Å². The molecule has 9 heteroatoms. The number of esters is 1. The van der Waals surface area contributed by atoms with Gasteiger partial charge in [-0.3, -0.25) is 9.69 Å². The highest BCUT2D eigenvalue weighted by Crippen LogP contribution is 2.37. The van der Waals surface area contributed by atoms with E-state index in [9.17, 15) is 14.7 Å². The second-order valence-corrected chi connectivity index (χ2v) is 8.32. The number of hydrogen-bond acceptors (Lipinski definition) is 7. The SMILES string of the molecule is CCN1C(=O)/C(=C\c2cc(I)c(O)c(OC)c2)SC1=Nc1ccc(C(=O)OC)cc1. The van der Waals surface area contributed by atoms with Crippen LogP contribution in [-0.2, 0) is 9.53 Å². The number of carbonyl (C=O) groups excluding carboxylic acids is 2. The molecule has 1 heterocycles. The molecule has 0 spiro atoms. The largest absolute Gasteiger partial charge is 0.504 e. The van der Waals surface area contributed by atoms with Crippen LogP contribution >= 0.6 is 34.4 Å². The first-order valence-electron chi connectivity index (χ1n) is 8.93. The lowest BCUT2D eigenvalue weighted by atomic mass is 10.2. The van der Waals surface area contributed by atoms with Gasteiger partial charge in [-0.1, -0.05) is 0 Å². The molecule has 0 aliphatic carbocycles. The Morgan fingerprint density at radius 3 is 2.57 bits per heavy atom. The van der Waals surface area contributed by atoms with Gasteiger partial charge in [0.05, 0.1) is 33.9 Å². The summed E-state index contributed by atoms with van der Waals surface area (Å²) in [6, 6.07) is 10.1. The Morgan fingerprint density at radius 2 is 1.97 bits per heavy atom. The van der Waals surface area contributed by atoms with E-state index in [1.165, 1.54) is 26.0 Å². The van der Waals surface area contributed by atoms with Crippen molar-refractivity contribution in [2.75, 3.05) is 20.8 Å². The number of amidine groups is 1. The van der Waals surface area contributed by atoms with Crippen molar-refractivity contribution in [1.29, 1.82) is 0 Å². The molecule has 30 heavy (non-hydrogen) atoms. The summed E-state index contributed by atoms with van der Waals surface area (Å²) >= 11 is 3.28. The zero-order valence-corrected chi connectivity index (χ0v) is 19.5. The number of benzene rings is 2. The maximum absolute atomic E-state index is 12.8. The van der Waals surface area contributed by atoms with Crippen molar-refractivity contribution in [2.45, 2.75) is 6.92 Å². The molecular formula is C21H19IN2O5S. The summed E-state index contributed by atoms with van der Waals surface area (Å²) in [6.07, 6.45) is 1.75. The highest BCUT2D eigenvalue weighted by atomic mass is 127. The molecule has 2 aromatic carbocycles. The van der Waals surface area contributed by atoms with Crippen LogP contribution in [0.3, 0.4) is 0 Å². The minimum absolute atomic E-state index is 0.0680. The first kappa shape index (κ1) is 22.2. The lowest BCUT2D eigenvalue weighted by molar-refractivity contribution is -0.122. The second kappa shape index (κ2) is 9.52. The Bertz CT molecular complexity index is 1050. The Morgan fingerprint density at radius 1 is 1.27 bits per heavy atom. The standard InChI is InChI=1S/C21H19IN2O5S/c1-4-24-19(26)17(11-12-9-15(22)18(25)16(10-12)28-2)30-21(24)23-14-7-5-13(6-8-14)20(27)29-3/h5-11,25H,4H2,1-3H3/b17-11+,23-21?. The van der Waals surface area contributed by atoms with Crippen molar-refractivity contribution in [3.8, 4) is 11.5 Å². The third-order valence-corrected chi connectivity index (χ3v) is 6.11. The van der Waals surface area contributed by atoms with Gasteiger partial charge in [0.15, 0.2) is 16.7 Å². The first-order chi connectivity index (χ1) is 14.4. The van der Waals surface area contributed by atoms with Crippen molar-refractivity contribution in [3.05, 3.63) is 56.0 Å². The number of nitrogens with zero attached hydrogens (tertiary/aromatic N) is 2. The summed E-state index contributed by atoms with van der Waals surface area (Å²) in [5, 5.41) is 10.6. The van der Waals surface area contributed by atoms with E-state index < -0.39 is 5.97 Å². The van der Waals surface area contributed by atoms with Gasteiger partial charge in [-0.2, -0.15) is 0 Å². The van der Waals surface area contributed by atoms with E-state index in [4.69, 9.17) is 9.47 Å². The van der Waals surface area contributed by atoms with Gasteiger partial charge in [0.1, 0.15) is 0 Å². The van der Waals surface area contributed by atoms with Gasteiger partial charge in [-0.25, -0.2) is 9.79 Å². The van der Waals surface area contributed by atoms with Gasteiger partial charge in [0, 0.05) is 6.54 Å². The van der Waals surface area contributed by atoms with Crippen molar-refractivity contribution >= 4 is 63.2 Å². The predicted octanol–water partition coefficient (Wildman–Crippen LogP) is 4.42. The van der Waals surface area contributed by atoms with E-state index in [0.29, 0.717) is 37.2 Å². The van der Waals surface area contributed by atoms with E-state index in [0.717, 1.165) is 5.56 Å². The number of halogens is 1. The predicted molar refractivity (Wildman–Crippen MR) is 125 cm³/mol. The quantitative estimate of drug-likeness (QED) is 0.345. The van der Waals surface area contributed by atoms with Crippen LogP contribution in [0.1, 0.15) is 22.8 Å². The number of aromatic hydroxyl groups is 1. The van der Waals surface area contributed by atoms with Crippen LogP contribution in [0.4, 0.5) is 5.69 Å². The second-order valence-electron chi connectivity index (χ2n) is 6.15. The number of phenolic OH excluding ortho intramolecular Hbond substituents is 1. The number of hydrogen-bond donors (Lipinski definition) is 1. The molecule has 0 aromatic heterocycles. The fourth-order valence-electron chi connectivity index (χ4n) is 2.75. The van der Waals surface area contributed by atoms with Crippen LogP contribution in [0.15, 0.2) is 46.3 Å². The van der Waals surface area contributed by atoms with Crippen molar-refractivity contribution in [2.24, 2.45) is 4.99 Å². The molecule has 0 bridgehead atoms. The van der Waals surface area contributed by atoms with Crippen LogP contribution < -0.4 is 4.74 Å². The number of ether oxygens (including phenoxy) is 2. The zero-order chi connectivity index (χ0) is 21.8. The van der Waals surface area contributed by atoms with Crippen LogP contribution in [0.2, 0.25) is 0 Å². The molecule has 0 unspecified atom stereocenters. The summed E-state index contributed by atoms with van der Waals surface area (Å²) in [4.78, 5) is 31.1. The van der Waals surface area contributed by atoms with Crippen molar-refractivity contribution < 1.29 is 24.2 Å². The van der Waals surface area contributed by atoms with Gasteiger partial charge < -0.3 is 14.6 Å². The molecule has 1 aliphatic heterocycles. The topological polar surface area (TPSA) is 88.4 Å². The van der Waals surface area contributed by atoms with Crippen molar-refractivity contribution in [3.63, 3.8) is 0 Å². The number of thioether (sulfide) groups is 1. The summed E-state index contributed by atoms with van der Waals surface area (Å²) in [6.45, 7) is 2.35. The maximum Gasteiger partial charge on any atom is 0.337 e. The normalized spacial score (nSPS) is 16.4. The van der Waals surface area contributed by atoms with E-state index in [-0.39, 0.29) is 11.7 Å². The molecule has 156 valence electrons. The Balaban J connectivity index is 1.91. The summed E-state index contributed by atoms with van der Waals surface area (Å²) in [5.41, 5.74) is 1.79. The number of rotatable bonds is 5. The molecule has 7 nitrogen and oxygen atoms in total. The van der Waals surface area contributed by atoms with Gasteiger partial charge in [-0.15, -0.1) is 0 Å². The summed E-state index contributed by atoms with van der Waals surface area (Å²) in [5.74, 6) is -0.150. The number of likely N-dealkylation sites (N-methyl/N-ethyl adjacent to an activating group) is 1. The monoisotopic (exact) mass is 538 g/mol. The fraction of sp³-hybridized carbons (Fsp3) is 0.190. The third-order valence-electron chi connectivity index (χ3n) is 4.29. The van der Waals surface area contributed by atoms with Crippen molar-refractivity contribution in [1.82, 2.24) is 4.90 Å². The Kier molecular flexibility index (Phi) is 7.03. The van der Waals surface area contributed by atoms with Crippen LogP contribution in [-0.4, -0.2) is 47.8 Å². The molecule has 0 atom stereocenters. The van der Waals surface area contributed by atoms with Crippen LogP contribution in [0.5, 0.6) is 11.5 Å². The lowest BCUT2D eigenvalue weighted by Crippen LogP contribution is -2.28. The zero-order valence-electron chi connectivity index (χ0n) is 16.5. The van der Waals surface area contributed by atoms with Gasteiger partial charge in [0.2, 0.25) is 0 Å². The first-order valence-corrected chi connectivity index (χ1v) is 10.8. The summed E-state index contributed by atoms with van der Waals surface area (Å²) < 4.78 is 10.5. The molecule has 0 saturated carbocycles. The van der Waals surface area contributed by atoms with Gasteiger partial charge in [0.25, 0.3) is 5.91 Å². The van der Waals surface area contributed by atoms with Crippen LogP contribution in [0.25, 0.3) is 6.08 Å². The van der Waals surface area contributed by atoms with E-state index >= 15 is 0 Å². The summed E-state index contributed by atoms with van der Waals surface area (Å²) in [7, 11) is 2.81. The number of carbonyl (C=O) groups is 2. The smallest absolute Gasteiger partial charge is 0.337 e. The molecule has 1 fully saturated rings. The molecule has 0 radical (unpaired) electrons. The number of amides is 1. The average Bonchev–Trinajstić information content (AvgIpc) is 3.04. The Labute approximate surface area is 191 Å². The third kappa shape index (κ3) is 4.62. The van der Waals surface area contributed by atoms with Gasteiger partial charge >= 0.3 is 5.97 Å². The molecular weight excluding hydrogens is 519 g/mol. The molecule has 1 amide bonds. The highest BCUT2D eigenvalue weighted by Gasteiger charge is 2.32. The maximum atomic E-state index is 12.8. The number of phenols is 1. The van der Waals surface area contributed by atoms with Gasteiger partial charge in [-0.05, 0) is 89.3 Å². The number of aliphatic imine (C=N–C) groups is 1. The fourth-order valence-corrected chi connectivity index (χ4v) is 4.44. The van der Waals surface area contributed by atoms with Crippen LogP contribution in [0, 0.1) is 3.57 Å². The number of methoxy groups -OCH3 is 2. The van der Waals surface area contributed by atoms with E-state index in [2.05, 4.69) is 4.99 Å². The Hall–Kier alpha value is -2.53. The lowest BCUT2D eigenvalue weighted by Gasteiger charge is -2.12. The van der Waals surface area contributed by atoms with E-state index in [1.54, 1.807) is 47.4 Å².